The van der Waals surface area contributed by atoms with Crippen LogP contribution in [0.2, 0.25) is 0 Å². The third-order valence-electron chi connectivity index (χ3n) is 3.08. The summed E-state index contributed by atoms with van der Waals surface area (Å²) in [5.41, 5.74) is 0.552. The Morgan fingerprint density at radius 2 is 2.06 bits per heavy atom. The van der Waals surface area contributed by atoms with Crippen molar-refractivity contribution in [1.82, 2.24) is 15.5 Å². The van der Waals surface area contributed by atoms with E-state index >= 15 is 0 Å². The highest BCUT2D eigenvalue weighted by atomic mass is 16.2. The monoisotopic (exact) mass is 223 g/mol. The fourth-order valence-corrected chi connectivity index (χ4v) is 2.16. The number of H-pyrrole nitrogens is 2. The van der Waals surface area contributed by atoms with E-state index in [0.29, 0.717) is 12.2 Å². The second kappa shape index (κ2) is 5.01. The third kappa shape index (κ3) is 2.74. The van der Waals surface area contributed by atoms with Gasteiger partial charge in [-0.15, -0.1) is 0 Å². The Hall–Kier alpha value is -1.52. The van der Waals surface area contributed by atoms with Gasteiger partial charge in [-0.3, -0.25) is 14.7 Å². The van der Waals surface area contributed by atoms with Gasteiger partial charge in [-0.1, -0.05) is 19.3 Å². The Morgan fingerprint density at radius 1 is 1.31 bits per heavy atom. The molecule has 1 aliphatic carbocycles. The van der Waals surface area contributed by atoms with Crippen molar-refractivity contribution in [2.24, 2.45) is 5.92 Å². The molecule has 0 aliphatic heterocycles. The van der Waals surface area contributed by atoms with E-state index in [-0.39, 0.29) is 17.4 Å². The van der Waals surface area contributed by atoms with Crippen molar-refractivity contribution < 1.29 is 4.79 Å². The summed E-state index contributed by atoms with van der Waals surface area (Å²) >= 11 is 0. The van der Waals surface area contributed by atoms with Crippen molar-refractivity contribution in [3.05, 3.63) is 22.1 Å². The highest BCUT2D eigenvalue weighted by molar-refractivity contribution is 5.78. The average Bonchev–Trinajstić information content (AvgIpc) is 2.73. The standard InChI is InChI=1S/C11H17N3O2/c15-10-6-9(13-14-10)7-12-11(16)8-4-2-1-3-5-8/h6,8H,1-5,7H2,(H,12,16)(H2,13,14,15). The van der Waals surface area contributed by atoms with Crippen LogP contribution in [0.3, 0.4) is 0 Å². The maximum Gasteiger partial charge on any atom is 0.264 e. The average molecular weight is 223 g/mol. The molecule has 1 aromatic rings. The van der Waals surface area contributed by atoms with E-state index in [1.165, 1.54) is 12.5 Å². The maximum absolute atomic E-state index is 11.8. The lowest BCUT2D eigenvalue weighted by molar-refractivity contribution is -0.126. The van der Waals surface area contributed by atoms with E-state index in [2.05, 4.69) is 15.5 Å². The number of carbonyl (C=O) groups excluding carboxylic acids is 1. The molecule has 1 amide bonds. The molecule has 0 radical (unpaired) electrons. The van der Waals surface area contributed by atoms with Crippen LogP contribution < -0.4 is 10.9 Å². The minimum atomic E-state index is -0.165. The largest absolute Gasteiger partial charge is 0.350 e. The molecule has 1 heterocycles. The zero-order valence-corrected chi connectivity index (χ0v) is 9.21. The Bertz CT molecular complexity index is 401. The molecule has 1 aromatic heterocycles. The molecule has 5 heteroatoms. The van der Waals surface area contributed by atoms with Gasteiger partial charge >= 0.3 is 0 Å². The molecular formula is C11H17N3O2. The normalized spacial score (nSPS) is 17.2. The molecule has 2 rings (SSSR count). The van der Waals surface area contributed by atoms with Crippen LogP contribution in [0.25, 0.3) is 0 Å². The predicted octanol–water partition coefficient (Wildman–Crippen LogP) is 0.899. The van der Waals surface area contributed by atoms with Crippen LogP contribution >= 0.6 is 0 Å². The molecule has 1 aliphatic rings. The van der Waals surface area contributed by atoms with Gasteiger partial charge in [-0.2, -0.15) is 0 Å². The molecule has 5 nitrogen and oxygen atoms in total. The van der Waals surface area contributed by atoms with Gasteiger partial charge < -0.3 is 10.4 Å². The van der Waals surface area contributed by atoms with Crippen molar-refractivity contribution in [2.75, 3.05) is 0 Å². The molecule has 0 spiro atoms. The van der Waals surface area contributed by atoms with E-state index in [1.54, 1.807) is 0 Å². The summed E-state index contributed by atoms with van der Waals surface area (Å²) in [4.78, 5) is 22.6. The number of carbonyl (C=O) groups is 1. The van der Waals surface area contributed by atoms with Crippen LogP contribution in [0.1, 0.15) is 37.8 Å². The highest BCUT2D eigenvalue weighted by Crippen LogP contribution is 2.23. The lowest BCUT2D eigenvalue weighted by Gasteiger charge is -2.20. The van der Waals surface area contributed by atoms with E-state index in [1.807, 2.05) is 0 Å². The van der Waals surface area contributed by atoms with Crippen molar-refractivity contribution in [1.29, 1.82) is 0 Å². The number of aromatic amines is 2. The van der Waals surface area contributed by atoms with Crippen molar-refractivity contribution in [2.45, 2.75) is 38.6 Å². The minimum absolute atomic E-state index is 0.113. The van der Waals surface area contributed by atoms with Gasteiger partial charge in [-0.25, -0.2) is 0 Å². The van der Waals surface area contributed by atoms with Crippen LogP contribution in [0, 0.1) is 5.92 Å². The first kappa shape index (κ1) is 11.0. The Labute approximate surface area is 93.6 Å². The molecular weight excluding hydrogens is 206 g/mol. The van der Waals surface area contributed by atoms with Crippen LogP contribution in [0.15, 0.2) is 10.9 Å². The summed E-state index contributed by atoms with van der Waals surface area (Å²) in [6, 6.07) is 1.46. The molecule has 0 aromatic carbocycles. The fraction of sp³-hybridized carbons (Fsp3) is 0.636. The van der Waals surface area contributed by atoms with Gasteiger partial charge in [0.05, 0.1) is 12.2 Å². The molecule has 88 valence electrons. The number of nitrogens with one attached hydrogen (secondary N) is 3. The zero-order valence-electron chi connectivity index (χ0n) is 9.21. The van der Waals surface area contributed by atoms with E-state index in [9.17, 15) is 9.59 Å². The van der Waals surface area contributed by atoms with E-state index in [4.69, 9.17) is 0 Å². The molecule has 0 saturated heterocycles. The summed E-state index contributed by atoms with van der Waals surface area (Å²) < 4.78 is 0. The fourth-order valence-electron chi connectivity index (χ4n) is 2.16. The predicted molar refractivity (Wildman–Crippen MR) is 59.8 cm³/mol. The van der Waals surface area contributed by atoms with Gasteiger partial charge in [0.15, 0.2) is 0 Å². The first-order valence-electron chi connectivity index (χ1n) is 5.80. The van der Waals surface area contributed by atoms with Crippen LogP contribution in [-0.4, -0.2) is 16.1 Å². The number of aromatic nitrogens is 2. The molecule has 3 N–H and O–H groups in total. The SMILES string of the molecule is O=C(NCc1cc(=O)[nH][nH]1)C1CCCCC1. The van der Waals surface area contributed by atoms with Crippen molar-refractivity contribution in [3.8, 4) is 0 Å². The minimum Gasteiger partial charge on any atom is -0.350 e. The van der Waals surface area contributed by atoms with Gasteiger partial charge in [0.25, 0.3) is 5.56 Å². The van der Waals surface area contributed by atoms with E-state index < -0.39 is 0 Å². The summed E-state index contributed by atoms with van der Waals surface area (Å²) in [7, 11) is 0. The maximum atomic E-state index is 11.8. The Kier molecular flexibility index (Phi) is 3.44. The molecule has 1 fully saturated rings. The number of hydrogen-bond donors (Lipinski definition) is 3. The van der Waals surface area contributed by atoms with Gasteiger partial charge in [0.1, 0.15) is 0 Å². The molecule has 0 unspecified atom stereocenters. The smallest absolute Gasteiger partial charge is 0.264 e. The first-order valence-corrected chi connectivity index (χ1v) is 5.80. The van der Waals surface area contributed by atoms with Crippen LogP contribution in [-0.2, 0) is 11.3 Å². The quantitative estimate of drug-likeness (QED) is 0.712. The van der Waals surface area contributed by atoms with Crippen LogP contribution in [0.4, 0.5) is 0 Å². The topological polar surface area (TPSA) is 77.8 Å². The number of rotatable bonds is 3. The molecule has 0 atom stereocenters. The Balaban J connectivity index is 1.81. The van der Waals surface area contributed by atoms with Gasteiger partial charge in [0, 0.05) is 12.0 Å². The lowest BCUT2D eigenvalue weighted by Crippen LogP contribution is -2.31. The Morgan fingerprint density at radius 3 is 2.69 bits per heavy atom. The summed E-state index contributed by atoms with van der Waals surface area (Å²) in [6.07, 6.45) is 5.54. The highest BCUT2D eigenvalue weighted by Gasteiger charge is 2.20. The summed E-state index contributed by atoms with van der Waals surface area (Å²) in [6.45, 7) is 0.397. The van der Waals surface area contributed by atoms with Crippen molar-refractivity contribution >= 4 is 5.91 Å². The lowest BCUT2D eigenvalue weighted by atomic mass is 9.89. The number of hydrogen-bond acceptors (Lipinski definition) is 2. The third-order valence-corrected chi connectivity index (χ3v) is 3.08. The molecule has 0 bridgehead atoms. The summed E-state index contributed by atoms with van der Waals surface area (Å²) in [5.74, 6) is 0.279. The second-order valence-electron chi connectivity index (χ2n) is 4.34. The molecule has 1 saturated carbocycles. The second-order valence-corrected chi connectivity index (χ2v) is 4.34. The van der Waals surface area contributed by atoms with Gasteiger partial charge in [-0.05, 0) is 12.8 Å². The van der Waals surface area contributed by atoms with Crippen LogP contribution in [0.5, 0.6) is 0 Å². The molecule has 16 heavy (non-hydrogen) atoms. The first-order chi connectivity index (χ1) is 7.75. The number of amides is 1. The van der Waals surface area contributed by atoms with Gasteiger partial charge in [0.2, 0.25) is 5.91 Å². The van der Waals surface area contributed by atoms with E-state index in [0.717, 1.165) is 25.7 Å². The summed E-state index contributed by atoms with van der Waals surface area (Å²) in [5, 5.41) is 8.00. The zero-order chi connectivity index (χ0) is 11.4. The van der Waals surface area contributed by atoms with Crippen molar-refractivity contribution in [3.63, 3.8) is 0 Å².